The highest BCUT2D eigenvalue weighted by Crippen LogP contribution is 2.24. The number of fused-ring (bicyclic) bond motifs is 1. The average molecular weight is 314 g/mol. The highest BCUT2D eigenvalue weighted by atomic mass is 79.9. The molecule has 0 aliphatic rings. The maximum atomic E-state index is 12.2. The molecule has 19 heavy (non-hydrogen) atoms. The maximum absolute atomic E-state index is 12.2. The van der Waals surface area contributed by atoms with E-state index in [9.17, 15) is 4.79 Å². The second-order valence-electron chi connectivity index (χ2n) is 4.41. The molecule has 0 saturated heterocycles. The summed E-state index contributed by atoms with van der Waals surface area (Å²) in [6.07, 6.45) is 1.95. The van der Waals surface area contributed by atoms with E-state index in [4.69, 9.17) is 0 Å². The first-order valence-electron chi connectivity index (χ1n) is 6.07. The van der Waals surface area contributed by atoms with Crippen molar-refractivity contribution < 1.29 is 4.79 Å². The van der Waals surface area contributed by atoms with Gasteiger partial charge in [0.25, 0.3) is 0 Å². The molecular weight excluding hydrogens is 302 g/mol. The van der Waals surface area contributed by atoms with Crippen molar-refractivity contribution in [3.8, 4) is 0 Å². The molecule has 0 aliphatic heterocycles. The largest absolute Gasteiger partial charge is 0.340 e. The molecule has 1 aromatic heterocycles. The molecular formula is C16H12BrNO. The van der Waals surface area contributed by atoms with Gasteiger partial charge >= 0.3 is 0 Å². The molecule has 3 aromatic rings. The average Bonchev–Trinajstić information content (AvgIpc) is 2.84. The Hall–Kier alpha value is -1.87. The molecule has 0 bridgehead atoms. The van der Waals surface area contributed by atoms with Crippen LogP contribution in [0, 0.1) is 0 Å². The topological polar surface area (TPSA) is 22.0 Å². The number of Topliss-reactive ketones (excluding diaryl/α,β-unsaturated/α-hetero) is 1. The standard InChI is InChI=1S/C16H12BrNO/c17-14-7-4-8-15-13(14)9-10-18(15)11-16(19)12-5-2-1-3-6-12/h1-10H,11H2. The van der Waals surface area contributed by atoms with Crippen LogP contribution >= 0.6 is 15.9 Å². The third-order valence-electron chi connectivity index (χ3n) is 3.17. The third kappa shape index (κ3) is 2.34. The number of carbonyl (C=O) groups excluding carboxylic acids is 1. The minimum Gasteiger partial charge on any atom is -0.340 e. The number of ketones is 1. The van der Waals surface area contributed by atoms with Gasteiger partial charge in [-0.25, -0.2) is 0 Å². The molecule has 0 unspecified atom stereocenters. The molecule has 0 radical (unpaired) electrons. The smallest absolute Gasteiger partial charge is 0.182 e. The van der Waals surface area contributed by atoms with Gasteiger partial charge in [-0.05, 0) is 18.2 Å². The Kier molecular flexibility index (Phi) is 3.22. The van der Waals surface area contributed by atoms with E-state index in [1.54, 1.807) is 0 Å². The summed E-state index contributed by atoms with van der Waals surface area (Å²) in [5.74, 6) is 0.123. The summed E-state index contributed by atoms with van der Waals surface area (Å²) >= 11 is 3.52. The van der Waals surface area contributed by atoms with Gasteiger partial charge in [0.15, 0.2) is 5.78 Å². The van der Waals surface area contributed by atoms with Gasteiger partial charge in [0.1, 0.15) is 0 Å². The third-order valence-corrected chi connectivity index (χ3v) is 3.86. The number of carbonyl (C=O) groups is 1. The number of halogens is 1. The molecule has 3 rings (SSSR count). The predicted molar refractivity (Wildman–Crippen MR) is 80.4 cm³/mol. The van der Waals surface area contributed by atoms with Gasteiger partial charge in [0.05, 0.1) is 6.54 Å². The van der Waals surface area contributed by atoms with Crippen LogP contribution in [0.3, 0.4) is 0 Å². The molecule has 0 saturated carbocycles. The van der Waals surface area contributed by atoms with Crippen molar-refractivity contribution in [3.63, 3.8) is 0 Å². The quantitative estimate of drug-likeness (QED) is 0.661. The molecule has 3 heteroatoms. The first-order valence-corrected chi connectivity index (χ1v) is 6.86. The maximum Gasteiger partial charge on any atom is 0.182 e. The van der Waals surface area contributed by atoms with Crippen LogP contribution in [0.4, 0.5) is 0 Å². The highest BCUT2D eigenvalue weighted by molar-refractivity contribution is 9.10. The van der Waals surface area contributed by atoms with Crippen molar-refractivity contribution in [3.05, 3.63) is 70.8 Å². The van der Waals surface area contributed by atoms with Crippen LogP contribution in [0.25, 0.3) is 10.9 Å². The summed E-state index contributed by atoms with van der Waals surface area (Å²) in [4.78, 5) is 12.2. The van der Waals surface area contributed by atoms with Crippen molar-refractivity contribution in [2.75, 3.05) is 0 Å². The number of hydrogen-bond donors (Lipinski definition) is 0. The number of rotatable bonds is 3. The van der Waals surface area contributed by atoms with Crippen LogP contribution in [0.5, 0.6) is 0 Å². The molecule has 2 nitrogen and oxygen atoms in total. The fourth-order valence-electron chi connectivity index (χ4n) is 2.19. The van der Waals surface area contributed by atoms with Crippen molar-refractivity contribution in [2.24, 2.45) is 0 Å². The van der Waals surface area contributed by atoms with Crippen LogP contribution in [0.15, 0.2) is 65.3 Å². The van der Waals surface area contributed by atoms with Crippen molar-refractivity contribution in [1.29, 1.82) is 0 Å². The summed E-state index contributed by atoms with van der Waals surface area (Å²) in [6.45, 7) is 0.365. The number of hydrogen-bond acceptors (Lipinski definition) is 1. The normalized spacial score (nSPS) is 10.8. The van der Waals surface area contributed by atoms with Gasteiger partial charge in [-0.3, -0.25) is 4.79 Å². The van der Waals surface area contributed by atoms with Crippen molar-refractivity contribution in [2.45, 2.75) is 6.54 Å². The minimum atomic E-state index is 0.123. The zero-order valence-electron chi connectivity index (χ0n) is 10.2. The lowest BCUT2D eigenvalue weighted by Crippen LogP contribution is -2.09. The lowest BCUT2D eigenvalue weighted by molar-refractivity contribution is 0.0973. The second kappa shape index (κ2) is 5.02. The summed E-state index contributed by atoms with van der Waals surface area (Å²) in [6, 6.07) is 17.4. The molecule has 2 aromatic carbocycles. The molecule has 0 atom stereocenters. The summed E-state index contributed by atoms with van der Waals surface area (Å²) in [7, 11) is 0. The first-order chi connectivity index (χ1) is 9.25. The van der Waals surface area contributed by atoms with Crippen LogP contribution in [0.1, 0.15) is 10.4 Å². The van der Waals surface area contributed by atoms with E-state index >= 15 is 0 Å². The Morgan fingerprint density at radius 3 is 2.58 bits per heavy atom. The van der Waals surface area contributed by atoms with Gasteiger partial charge in [-0.1, -0.05) is 52.3 Å². The summed E-state index contributed by atoms with van der Waals surface area (Å²) < 4.78 is 3.03. The monoisotopic (exact) mass is 313 g/mol. The molecule has 94 valence electrons. The predicted octanol–water partition coefficient (Wildman–Crippen LogP) is 4.29. The molecule has 1 heterocycles. The summed E-state index contributed by atoms with van der Waals surface area (Å²) in [5.41, 5.74) is 1.82. The number of benzene rings is 2. The van der Waals surface area contributed by atoms with Crippen LogP contribution in [-0.4, -0.2) is 10.4 Å². The zero-order valence-corrected chi connectivity index (χ0v) is 11.8. The Morgan fingerprint density at radius 2 is 1.79 bits per heavy atom. The first kappa shape index (κ1) is 12.2. The van der Waals surface area contributed by atoms with E-state index in [1.807, 2.05) is 65.4 Å². The van der Waals surface area contributed by atoms with Gasteiger partial charge in [-0.2, -0.15) is 0 Å². The summed E-state index contributed by atoms with van der Waals surface area (Å²) in [5, 5.41) is 1.13. The van der Waals surface area contributed by atoms with E-state index in [0.717, 1.165) is 20.9 Å². The molecule has 0 fully saturated rings. The van der Waals surface area contributed by atoms with E-state index in [0.29, 0.717) is 6.54 Å². The SMILES string of the molecule is O=C(Cn1ccc2c(Br)cccc21)c1ccccc1. The molecule has 0 N–H and O–H groups in total. The molecule has 0 spiro atoms. The van der Waals surface area contributed by atoms with Gasteiger partial charge in [0.2, 0.25) is 0 Å². The van der Waals surface area contributed by atoms with Crippen molar-refractivity contribution in [1.82, 2.24) is 4.57 Å². The van der Waals surface area contributed by atoms with Gasteiger partial charge in [-0.15, -0.1) is 0 Å². The van der Waals surface area contributed by atoms with E-state index in [1.165, 1.54) is 0 Å². The number of aromatic nitrogens is 1. The zero-order chi connectivity index (χ0) is 13.2. The van der Waals surface area contributed by atoms with E-state index in [2.05, 4.69) is 15.9 Å². The fourth-order valence-corrected chi connectivity index (χ4v) is 2.68. The fraction of sp³-hybridized carbons (Fsp3) is 0.0625. The Labute approximate surface area is 119 Å². The van der Waals surface area contributed by atoms with Gasteiger partial charge < -0.3 is 4.57 Å². The molecule has 0 aliphatic carbocycles. The lowest BCUT2D eigenvalue weighted by atomic mass is 10.1. The van der Waals surface area contributed by atoms with Gasteiger partial charge in [0, 0.05) is 27.1 Å². The Bertz CT molecular complexity index is 731. The Morgan fingerprint density at radius 1 is 1.00 bits per heavy atom. The molecule has 0 amide bonds. The second-order valence-corrected chi connectivity index (χ2v) is 5.26. The highest BCUT2D eigenvalue weighted by Gasteiger charge is 2.09. The van der Waals surface area contributed by atoms with E-state index < -0.39 is 0 Å². The van der Waals surface area contributed by atoms with Crippen LogP contribution < -0.4 is 0 Å². The minimum absolute atomic E-state index is 0.123. The Balaban J connectivity index is 1.94. The number of nitrogens with zero attached hydrogens (tertiary/aromatic N) is 1. The van der Waals surface area contributed by atoms with Crippen LogP contribution in [-0.2, 0) is 6.54 Å². The lowest BCUT2D eigenvalue weighted by Gasteiger charge is -2.05. The van der Waals surface area contributed by atoms with E-state index in [-0.39, 0.29) is 5.78 Å². The van der Waals surface area contributed by atoms with Crippen molar-refractivity contribution >= 4 is 32.6 Å². The van der Waals surface area contributed by atoms with Crippen LogP contribution in [0.2, 0.25) is 0 Å².